The molecule has 2 aliphatic carbocycles. The van der Waals surface area contributed by atoms with Crippen LogP contribution in [-0.4, -0.2) is 49.0 Å². The van der Waals surface area contributed by atoms with Gasteiger partial charge < -0.3 is 20.4 Å². The fourth-order valence-corrected chi connectivity index (χ4v) is 10.4. The monoisotopic (exact) mass is 1150 g/mol. The Hall–Kier alpha value is -4.69. The molecular formula is C64H74Cl2Co2N4O4. The summed E-state index contributed by atoms with van der Waals surface area (Å²) in [6.45, 7) is 25.4. The van der Waals surface area contributed by atoms with Gasteiger partial charge in [0.1, 0.15) is 0 Å². The Kier molecular flexibility index (Phi) is 20.2. The molecule has 0 N–H and O–H groups in total. The predicted molar refractivity (Wildman–Crippen MR) is 307 cm³/mol. The number of aliphatic imine (C=N–C) groups is 4. The van der Waals surface area contributed by atoms with Gasteiger partial charge in [0.15, 0.2) is 0 Å². The zero-order valence-corrected chi connectivity index (χ0v) is 49.8. The first-order valence-electron chi connectivity index (χ1n) is 26.5. The zero-order chi connectivity index (χ0) is 55.9. The molecule has 12 heteroatoms. The van der Waals surface area contributed by atoms with Crippen molar-refractivity contribution in [3.8, 4) is 34.1 Å². The molecule has 76 heavy (non-hydrogen) atoms. The van der Waals surface area contributed by atoms with Gasteiger partial charge >= 0.3 is 50.0 Å². The van der Waals surface area contributed by atoms with E-state index in [1.165, 1.54) is 0 Å². The van der Waals surface area contributed by atoms with Crippen molar-refractivity contribution in [2.75, 3.05) is 0 Å². The van der Waals surface area contributed by atoms with Gasteiger partial charge in [0, 0.05) is 24.9 Å². The summed E-state index contributed by atoms with van der Waals surface area (Å²) in [5, 5.41) is 60.9. The molecule has 0 radical (unpaired) electrons. The van der Waals surface area contributed by atoms with Crippen molar-refractivity contribution in [1.29, 1.82) is 0 Å². The average Bonchev–Trinajstić information content (AvgIpc) is 3.39. The normalized spacial score (nSPS) is 18.9. The molecule has 0 saturated heterocycles. The van der Waals surface area contributed by atoms with E-state index in [0.29, 0.717) is 44.2 Å². The van der Waals surface area contributed by atoms with Gasteiger partial charge in [-0.15, -0.1) is 0 Å². The van der Waals surface area contributed by atoms with Crippen molar-refractivity contribution in [3.05, 3.63) is 129 Å². The molecule has 4 atom stereocenters. The van der Waals surface area contributed by atoms with E-state index in [2.05, 4.69) is 145 Å². The van der Waals surface area contributed by atoms with Crippen LogP contribution in [0, 0.1) is 0 Å². The zero-order valence-electron chi connectivity index (χ0n) is 46.2. The van der Waals surface area contributed by atoms with Crippen LogP contribution in [0.15, 0.2) is 105 Å². The predicted octanol–water partition coefficient (Wildman–Crippen LogP) is 14.2. The quantitative estimate of drug-likeness (QED) is 0.133. The van der Waals surface area contributed by atoms with E-state index in [-0.39, 0.29) is 68.8 Å². The van der Waals surface area contributed by atoms with Crippen molar-refractivity contribution >= 4 is 66.7 Å². The third-order valence-corrected chi connectivity index (χ3v) is 14.9. The van der Waals surface area contributed by atoms with Gasteiger partial charge in [0.05, 0.1) is 24.2 Å². The number of rotatable bonds is 9. The molecule has 2 aliphatic rings. The standard InChI is InChI=1S/C64H78N4O4.2ClH.2Co/c1-61(2,3)45-31-43(57(69)49(33-45)63(7,8)9)37-67-53-27-19-17-25-51(53)65-35-41-29-39-21-13-15-23-47(39)55(59(41)71)56-48-24-16-14-22-40(48)30-42(60(56)72)36-66-52-26-18-20-28-54(52)68-38-44-32-46(62(4,5)6)34-50(58(44)70)64(10,11)12;;;;/h13-16,21-24,29-38,51-54,69-72H,17-20,25-28H2,1-12H3;2*1H;;/q;;;2*+3/p-6/t51-,52-,53-,54-;;;;/m1..../s1. The Morgan fingerprint density at radius 3 is 0.947 bits per heavy atom. The van der Waals surface area contributed by atoms with E-state index in [1.807, 2.05) is 72.8 Å². The number of fused-ring (bicyclic) bond motifs is 2. The summed E-state index contributed by atoms with van der Waals surface area (Å²) in [4.78, 5) is 20.3. The Balaban J connectivity index is 0.00000229. The van der Waals surface area contributed by atoms with Crippen LogP contribution in [0.4, 0.5) is 0 Å². The van der Waals surface area contributed by atoms with Crippen molar-refractivity contribution in [1.82, 2.24) is 0 Å². The molecule has 0 aliphatic heterocycles. The van der Waals surface area contributed by atoms with Crippen LogP contribution < -0.4 is 20.4 Å². The van der Waals surface area contributed by atoms with Gasteiger partial charge in [0.2, 0.25) is 0 Å². The second kappa shape index (κ2) is 25.4. The van der Waals surface area contributed by atoms with Gasteiger partial charge in [-0.1, -0.05) is 205 Å². The van der Waals surface area contributed by atoms with Gasteiger partial charge in [-0.25, -0.2) is 0 Å². The Labute approximate surface area is 477 Å². The Morgan fingerprint density at radius 2 is 0.671 bits per heavy atom. The SMILES string of the molecule is CC(C)(C)c1cc(C=N[C@@H]2CCCC[C@H]2N=Cc2cc3ccccc3c(-c3c([O-])c(C=N[C@@H]4CCCC[C@H]4N=Cc4cc(C(C)(C)C)cc(C(C)(C)C)c4[O-])cc4ccccc34)c2[O-])c([O-])c(C(C)(C)C)c1.[Cl][Co+2].[Cl][Co+2]. The molecule has 8 rings (SSSR count). The Morgan fingerprint density at radius 1 is 0.395 bits per heavy atom. The fraction of sp³-hybridized carbons (Fsp3) is 0.438. The summed E-state index contributed by atoms with van der Waals surface area (Å²) >= 11 is 6.07. The minimum atomic E-state index is -0.321. The summed E-state index contributed by atoms with van der Waals surface area (Å²) in [5.41, 5.74) is 5.51. The number of hydrogen-bond acceptors (Lipinski definition) is 8. The van der Waals surface area contributed by atoms with Crippen LogP contribution in [0.5, 0.6) is 23.0 Å². The molecular weight excluding hydrogens is 1080 g/mol. The van der Waals surface area contributed by atoms with E-state index in [0.717, 1.165) is 84.4 Å². The second-order valence-electron chi connectivity index (χ2n) is 24.6. The fourth-order valence-electron chi connectivity index (χ4n) is 10.4. The van der Waals surface area contributed by atoms with E-state index in [1.54, 1.807) is 24.9 Å². The maximum absolute atomic E-state index is 15.1. The summed E-state index contributed by atoms with van der Waals surface area (Å²) in [7, 11) is 8.65. The molecule has 0 unspecified atom stereocenters. The molecule has 406 valence electrons. The van der Waals surface area contributed by atoms with Gasteiger partial charge in [-0.3, -0.25) is 20.0 Å². The van der Waals surface area contributed by atoms with Crippen LogP contribution in [-0.2, 0) is 51.3 Å². The van der Waals surface area contributed by atoms with Gasteiger partial charge in [-0.05, 0) is 137 Å². The molecule has 6 aromatic carbocycles. The molecule has 2 fully saturated rings. The van der Waals surface area contributed by atoms with E-state index < -0.39 is 0 Å². The molecule has 8 nitrogen and oxygen atoms in total. The van der Waals surface area contributed by atoms with E-state index >= 15 is 10.2 Å². The molecule has 2 saturated carbocycles. The summed E-state index contributed by atoms with van der Waals surface area (Å²) in [5.74, 6) is -0.519. The first-order valence-corrected chi connectivity index (χ1v) is 29.3. The van der Waals surface area contributed by atoms with E-state index in [4.69, 9.17) is 20.0 Å². The summed E-state index contributed by atoms with van der Waals surface area (Å²) < 4.78 is 0. The molecule has 0 aromatic heterocycles. The number of halogens is 2. The van der Waals surface area contributed by atoms with Gasteiger partial charge in [0.25, 0.3) is 0 Å². The second-order valence-corrected chi connectivity index (χ2v) is 24.6. The van der Waals surface area contributed by atoms with Gasteiger partial charge in [-0.2, -0.15) is 0 Å². The van der Waals surface area contributed by atoms with Crippen molar-refractivity contribution in [3.63, 3.8) is 0 Å². The summed E-state index contributed by atoms with van der Waals surface area (Å²) in [6, 6.07) is 26.6. The molecule has 0 amide bonds. The first-order chi connectivity index (χ1) is 35.9. The third kappa shape index (κ3) is 14.1. The molecule has 0 bridgehead atoms. The van der Waals surface area contributed by atoms with Crippen LogP contribution in [0.2, 0.25) is 0 Å². The number of benzene rings is 6. The van der Waals surface area contributed by atoms with Crippen molar-refractivity contribution < 1.29 is 50.1 Å². The van der Waals surface area contributed by atoms with Crippen LogP contribution in [0.25, 0.3) is 32.7 Å². The number of nitrogens with zero attached hydrogens (tertiary/aromatic N) is 4. The molecule has 0 heterocycles. The average molecular weight is 1150 g/mol. The minimum absolute atomic E-state index is 0.00547. The molecule has 6 aromatic rings. The number of hydrogen-bond donors (Lipinski definition) is 0. The third-order valence-electron chi connectivity index (χ3n) is 14.9. The summed E-state index contributed by atoms with van der Waals surface area (Å²) in [6.07, 6.45) is 14.1. The molecule has 0 spiro atoms. The first kappa shape index (κ1) is 60.5. The topological polar surface area (TPSA) is 142 Å². The van der Waals surface area contributed by atoms with Crippen LogP contribution in [0.3, 0.4) is 0 Å². The Bertz CT molecular complexity index is 2910. The van der Waals surface area contributed by atoms with Crippen LogP contribution in [0.1, 0.15) is 179 Å². The van der Waals surface area contributed by atoms with Crippen molar-refractivity contribution in [2.24, 2.45) is 20.0 Å². The van der Waals surface area contributed by atoms with Crippen molar-refractivity contribution in [2.45, 2.75) is 180 Å². The maximum atomic E-state index is 15.1. The van der Waals surface area contributed by atoms with Crippen LogP contribution >= 0.6 is 20.3 Å². The van der Waals surface area contributed by atoms with E-state index in [9.17, 15) is 10.2 Å².